The van der Waals surface area contributed by atoms with Crippen molar-refractivity contribution in [3.8, 4) is 0 Å². The molecule has 420 valence electrons. The highest BCUT2D eigenvalue weighted by Crippen LogP contribution is 2.30. The lowest BCUT2D eigenvalue weighted by Gasteiger charge is -2.46. The van der Waals surface area contributed by atoms with Crippen LogP contribution >= 0.6 is 0 Å². The first-order valence-corrected chi connectivity index (χ1v) is 27.8. The normalized spacial score (nSPS) is 26.2. The fraction of sp³-hybridized carbons (Fsp3) is 0.650. The third-order valence-corrected chi connectivity index (χ3v) is 12.7. The van der Waals surface area contributed by atoms with E-state index >= 15 is 0 Å². The third kappa shape index (κ3) is 30.2. The molecule has 2 saturated heterocycles. The SMILES string of the molecule is CC/C=C\C/C=C\C/C=C\C/C=C\C/C=C\C/C=C\C/C=C\C/C=C\C/C=C\CCCCCCCC(=O)NC(COC1OC(CO)C(OC2OC(CO)C(O)C(O)C2O)C(O)C1O)C(O)/C=C/CCCCCCC. The Labute approximate surface area is 444 Å². The van der Waals surface area contributed by atoms with Crippen LogP contribution in [0.3, 0.4) is 0 Å². The first-order valence-electron chi connectivity index (χ1n) is 27.8. The Bertz CT molecular complexity index is 1700. The molecule has 2 rings (SSSR count). The van der Waals surface area contributed by atoms with Gasteiger partial charge < -0.3 is 65.1 Å². The smallest absolute Gasteiger partial charge is 0.220 e. The maximum absolute atomic E-state index is 13.1. The largest absolute Gasteiger partial charge is 0.394 e. The summed E-state index contributed by atoms with van der Waals surface area (Å²) in [5.74, 6) is -0.270. The lowest BCUT2D eigenvalue weighted by molar-refractivity contribution is -0.359. The number of allylic oxidation sites excluding steroid dienone is 19. The van der Waals surface area contributed by atoms with Crippen LogP contribution in [0.5, 0.6) is 0 Å². The molecule has 74 heavy (non-hydrogen) atoms. The molecule has 0 aromatic rings. The third-order valence-electron chi connectivity index (χ3n) is 12.7. The zero-order valence-corrected chi connectivity index (χ0v) is 44.8. The molecule has 2 aliphatic rings. The lowest BCUT2D eigenvalue weighted by Crippen LogP contribution is -2.65. The topological polar surface area (TPSA) is 228 Å². The summed E-state index contributed by atoms with van der Waals surface area (Å²) in [6.07, 6.45) is 47.1. The number of hydrogen-bond donors (Lipinski definition) is 9. The van der Waals surface area contributed by atoms with Crippen molar-refractivity contribution in [3.05, 3.63) is 122 Å². The van der Waals surface area contributed by atoms with E-state index in [1.54, 1.807) is 6.08 Å². The second kappa shape index (κ2) is 44.5. The van der Waals surface area contributed by atoms with E-state index in [1.165, 1.54) is 6.42 Å². The summed E-state index contributed by atoms with van der Waals surface area (Å²) in [7, 11) is 0. The molecule has 2 heterocycles. The minimum Gasteiger partial charge on any atom is -0.394 e. The highest BCUT2D eigenvalue weighted by molar-refractivity contribution is 5.76. The number of aliphatic hydroxyl groups is 8. The van der Waals surface area contributed by atoms with E-state index in [4.69, 9.17) is 18.9 Å². The summed E-state index contributed by atoms with van der Waals surface area (Å²) in [6, 6.07) is -0.931. The lowest BCUT2D eigenvalue weighted by atomic mass is 9.97. The van der Waals surface area contributed by atoms with Crippen LogP contribution in [0.4, 0.5) is 0 Å². The van der Waals surface area contributed by atoms with Crippen molar-refractivity contribution >= 4 is 5.91 Å². The zero-order chi connectivity index (χ0) is 53.9. The number of ether oxygens (including phenoxy) is 4. The molecular weight excluding hydrogens is 943 g/mol. The van der Waals surface area contributed by atoms with E-state index in [9.17, 15) is 45.6 Å². The number of unbranched alkanes of at least 4 members (excludes halogenated alkanes) is 10. The first kappa shape index (κ1) is 66.5. The molecule has 0 bridgehead atoms. The quantitative estimate of drug-likeness (QED) is 0.0207. The van der Waals surface area contributed by atoms with Gasteiger partial charge in [0.2, 0.25) is 5.91 Å². The number of hydrogen-bond acceptors (Lipinski definition) is 13. The van der Waals surface area contributed by atoms with Crippen molar-refractivity contribution in [2.75, 3.05) is 19.8 Å². The summed E-state index contributed by atoms with van der Waals surface area (Å²) in [4.78, 5) is 13.1. The second-order valence-electron chi connectivity index (χ2n) is 19.0. The molecule has 9 N–H and O–H groups in total. The summed E-state index contributed by atoms with van der Waals surface area (Å²) < 4.78 is 22.6. The van der Waals surface area contributed by atoms with Crippen LogP contribution in [0.25, 0.3) is 0 Å². The van der Waals surface area contributed by atoms with Gasteiger partial charge in [0.15, 0.2) is 12.6 Å². The number of carbonyl (C=O) groups excluding carboxylic acids is 1. The molecule has 2 aliphatic heterocycles. The van der Waals surface area contributed by atoms with Gasteiger partial charge in [-0.25, -0.2) is 0 Å². The van der Waals surface area contributed by atoms with Crippen LogP contribution < -0.4 is 5.32 Å². The Morgan fingerprint density at radius 1 is 0.500 bits per heavy atom. The van der Waals surface area contributed by atoms with Crippen molar-refractivity contribution in [1.29, 1.82) is 0 Å². The minimum atomic E-state index is -1.79. The molecule has 1 amide bonds. The molecule has 2 fully saturated rings. The fourth-order valence-electron chi connectivity index (χ4n) is 8.16. The summed E-state index contributed by atoms with van der Waals surface area (Å²) >= 11 is 0. The van der Waals surface area contributed by atoms with Crippen molar-refractivity contribution in [2.45, 2.75) is 229 Å². The molecule has 12 atom stereocenters. The monoisotopic (exact) mass is 1040 g/mol. The van der Waals surface area contributed by atoms with Gasteiger partial charge in [-0.05, 0) is 89.9 Å². The van der Waals surface area contributed by atoms with E-state index < -0.39 is 86.8 Å². The van der Waals surface area contributed by atoms with E-state index in [1.807, 2.05) is 6.08 Å². The predicted molar refractivity (Wildman–Crippen MR) is 295 cm³/mol. The maximum atomic E-state index is 13.1. The van der Waals surface area contributed by atoms with Gasteiger partial charge in [0.25, 0.3) is 0 Å². The number of amides is 1. The first-order chi connectivity index (χ1) is 36.1. The second-order valence-corrected chi connectivity index (χ2v) is 19.0. The van der Waals surface area contributed by atoms with Crippen LogP contribution in [0.15, 0.2) is 122 Å². The van der Waals surface area contributed by atoms with Crippen molar-refractivity contribution < 1.29 is 64.6 Å². The maximum Gasteiger partial charge on any atom is 0.220 e. The predicted octanol–water partition coefficient (Wildman–Crippen LogP) is 8.66. The molecule has 12 unspecified atom stereocenters. The van der Waals surface area contributed by atoms with Crippen LogP contribution in [0.1, 0.15) is 155 Å². The van der Waals surface area contributed by atoms with Crippen molar-refractivity contribution in [1.82, 2.24) is 5.32 Å². The number of rotatable bonds is 41. The van der Waals surface area contributed by atoms with Crippen LogP contribution in [0.2, 0.25) is 0 Å². The molecular formula is C60H97NO13. The van der Waals surface area contributed by atoms with Gasteiger partial charge in [-0.1, -0.05) is 180 Å². The van der Waals surface area contributed by atoms with Crippen molar-refractivity contribution in [2.24, 2.45) is 0 Å². The summed E-state index contributed by atoms with van der Waals surface area (Å²) in [6.45, 7) is 2.56. The molecule has 0 aromatic carbocycles. The van der Waals surface area contributed by atoms with Crippen LogP contribution in [0, 0.1) is 0 Å². The standard InChI is InChI=1S/C60H97NO13/c1-3-5-7-9-11-12-13-14-15-16-17-18-19-20-21-22-23-24-25-26-27-28-29-30-31-32-33-34-35-36-38-40-42-44-52(65)61-48(49(64)43-41-39-37-10-8-6-4-2)47-71-59-57(70)55(68)58(51(46-63)73-59)74-60-56(69)54(67)53(66)50(45-62)72-60/h5,7,11-12,14-15,17-18,20-21,23-24,26-27,29-30,32-33,41,43,48-51,53-60,62-64,66-70H,3-4,6,8-10,13,16,19,22,25,28,31,34-40,42,44-47H2,1-2H3,(H,61,65)/b7-5-,12-11-,15-14-,18-17-,21-20-,24-23-,27-26-,30-29-,33-32-,43-41+. The van der Waals surface area contributed by atoms with Crippen molar-refractivity contribution in [3.63, 3.8) is 0 Å². The van der Waals surface area contributed by atoms with Gasteiger partial charge in [0.05, 0.1) is 32.0 Å². The zero-order valence-electron chi connectivity index (χ0n) is 44.8. The summed E-state index contributed by atoms with van der Waals surface area (Å²) in [5.41, 5.74) is 0. The minimum absolute atomic E-state index is 0.249. The van der Waals surface area contributed by atoms with E-state index in [0.717, 1.165) is 122 Å². The van der Waals surface area contributed by atoms with E-state index in [2.05, 4.69) is 129 Å². The highest BCUT2D eigenvalue weighted by atomic mass is 16.7. The number of nitrogens with one attached hydrogen (secondary N) is 1. The van der Waals surface area contributed by atoms with Gasteiger partial charge >= 0.3 is 0 Å². The average molecular weight is 1040 g/mol. The Morgan fingerprint density at radius 3 is 1.43 bits per heavy atom. The molecule has 14 heteroatoms. The van der Waals surface area contributed by atoms with Gasteiger partial charge in [-0.15, -0.1) is 0 Å². The van der Waals surface area contributed by atoms with E-state index in [-0.39, 0.29) is 18.9 Å². The van der Waals surface area contributed by atoms with Gasteiger partial charge in [0.1, 0.15) is 48.8 Å². The Morgan fingerprint density at radius 2 is 0.932 bits per heavy atom. The molecule has 0 spiro atoms. The fourth-order valence-corrected chi connectivity index (χ4v) is 8.16. The highest BCUT2D eigenvalue weighted by Gasteiger charge is 2.51. The van der Waals surface area contributed by atoms with Gasteiger partial charge in [0, 0.05) is 6.42 Å². The Balaban J connectivity index is 1.66. The Hall–Kier alpha value is -3.61. The molecule has 0 saturated carbocycles. The Kier molecular flexibility index (Phi) is 40.0. The number of carbonyl (C=O) groups is 1. The van der Waals surface area contributed by atoms with Gasteiger partial charge in [-0.2, -0.15) is 0 Å². The molecule has 0 radical (unpaired) electrons. The van der Waals surface area contributed by atoms with Crippen LogP contribution in [-0.2, 0) is 23.7 Å². The number of aliphatic hydroxyl groups excluding tert-OH is 8. The molecule has 14 nitrogen and oxygen atoms in total. The molecule has 0 aliphatic carbocycles. The van der Waals surface area contributed by atoms with Gasteiger partial charge in [-0.3, -0.25) is 4.79 Å². The van der Waals surface area contributed by atoms with Crippen LogP contribution in [-0.4, -0.2) is 140 Å². The summed E-state index contributed by atoms with van der Waals surface area (Å²) in [5, 5.41) is 86.5. The molecule has 0 aromatic heterocycles. The van der Waals surface area contributed by atoms with E-state index in [0.29, 0.717) is 6.42 Å². The average Bonchev–Trinajstić information content (AvgIpc) is 3.40.